The minimum Gasteiger partial charge on any atom is -0.460 e. The van der Waals surface area contributed by atoms with Gasteiger partial charge < -0.3 is 14.0 Å². The van der Waals surface area contributed by atoms with E-state index in [4.69, 9.17) is 25.6 Å². The van der Waals surface area contributed by atoms with E-state index >= 15 is 0 Å². The van der Waals surface area contributed by atoms with Gasteiger partial charge in [0.15, 0.2) is 0 Å². The Labute approximate surface area is 170 Å². The van der Waals surface area contributed by atoms with Crippen LogP contribution in [-0.4, -0.2) is 35.7 Å². The Morgan fingerprint density at radius 1 is 1.26 bits per heavy atom. The van der Waals surface area contributed by atoms with Crippen LogP contribution >= 0.6 is 11.6 Å². The third kappa shape index (κ3) is 4.21. The lowest BCUT2D eigenvalue weighted by atomic mass is 9.43. The minimum atomic E-state index is -0.433. The zero-order valence-electron chi connectivity index (χ0n) is 18.0. The third-order valence-electron chi connectivity index (χ3n) is 7.13. The van der Waals surface area contributed by atoms with E-state index in [2.05, 4.69) is 27.7 Å². The lowest BCUT2D eigenvalue weighted by molar-refractivity contribution is -0.199. The molecule has 1 unspecified atom stereocenters. The molecular formula is C21H36BClO4. The van der Waals surface area contributed by atoms with E-state index < -0.39 is 5.60 Å². The Morgan fingerprint density at radius 2 is 1.93 bits per heavy atom. The van der Waals surface area contributed by atoms with Gasteiger partial charge in [-0.2, -0.15) is 0 Å². The maximum absolute atomic E-state index is 12.0. The van der Waals surface area contributed by atoms with E-state index in [-0.39, 0.29) is 36.0 Å². The van der Waals surface area contributed by atoms with Crippen molar-refractivity contribution in [3.63, 3.8) is 0 Å². The van der Waals surface area contributed by atoms with Crippen LogP contribution in [0, 0.1) is 23.2 Å². The predicted octanol–water partition coefficient (Wildman–Crippen LogP) is 5.01. The summed E-state index contributed by atoms with van der Waals surface area (Å²) in [5, 5.41) is -0.186. The molecule has 6 heteroatoms. The number of carbonyl (C=O) groups is 1. The summed E-state index contributed by atoms with van der Waals surface area (Å²) in [7, 11) is -0.342. The number of alkyl halides is 1. The van der Waals surface area contributed by atoms with Crippen molar-refractivity contribution in [1.82, 2.24) is 0 Å². The summed E-state index contributed by atoms with van der Waals surface area (Å²) in [6.07, 6.45) is 4.54. The van der Waals surface area contributed by atoms with E-state index in [9.17, 15) is 4.79 Å². The summed E-state index contributed by atoms with van der Waals surface area (Å²) in [5.41, 5.74) is -0.303. The highest BCUT2D eigenvalue weighted by atomic mass is 35.5. The maximum Gasteiger partial charge on any atom is 0.476 e. The second kappa shape index (κ2) is 7.21. The number of carbonyl (C=O) groups excluding carboxylic acids is 1. The molecule has 0 aromatic rings. The van der Waals surface area contributed by atoms with Crippen molar-refractivity contribution in [2.45, 2.75) is 103 Å². The summed E-state index contributed by atoms with van der Waals surface area (Å²) in [6.45, 7) is 14.7. The molecule has 1 saturated heterocycles. The summed E-state index contributed by atoms with van der Waals surface area (Å²) >= 11 is 6.67. The quantitative estimate of drug-likeness (QED) is 0.358. The van der Waals surface area contributed by atoms with Crippen molar-refractivity contribution >= 4 is 24.7 Å². The first-order valence-electron chi connectivity index (χ1n) is 10.5. The summed E-state index contributed by atoms with van der Waals surface area (Å²) in [4.78, 5) is 12.0. The largest absolute Gasteiger partial charge is 0.476 e. The van der Waals surface area contributed by atoms with Gasteiger partial charge in [-0.3, -0.25) is 4.79 Å². The van der Waals surface area contributed by atoms with Gasteiger partial charge in [-0.15, -0.1) is 11.6 Å². The van der Waals surface area contributed by atoms with Gasteiger partial charge in [0.1, 0.15) is 5.60 Å². The van der Waals surface area contributed by atoms with E-state index in [1.54, 1.807) is 0 Å². The number of halogens is 1. The molecule has 0 aromatic heterocycles. The van der Waals surface area contributed by atoms with Crippen LogP contribution in [0.15, 0.2) is 0 Å². The molecule has 3 aliphatic carbocycles. The Morgan fingerprint density at radius 3 is 2.52 bits per heavy atom. The van der Waals surface area contributed by atoms with Crippen molar-refractivity contribution < 1.29 is 18.8 Å². The predicted molar refractivity (Wildman–Crippen MR) is 109 cm³/mol. The van der Waals surface area contributed by atoms with Gasteiger partial charge in [0.2, 0.25) is 0 Å². The molecule has 0 radical (unpaired) electrons. The molecule has 3 saturated carbocycles. The molecule has 4 rings (SSSR count). The zero-order chi connectivity index (χ0) is 20.2. The molecule has 2 bridgehead atoms. The van der Waals surface area contributed by atoms with Gasteiger partial charge in [-0.1, -0.05) is 20.8 Å². The lowest BCUT2D eigenvalue weighted by Gasteiger charge is -2.64. The first-order chi connectivity index (χ1) is 12.3. The van der Waals surface area contributed by atoms with Crippen molar-refractivity contribution in [2.75, 3.05) is 0 Å². The molecule has 0 N–H and O–H groups in total. The van der Waals surface area contributed by atoms with Crippen molar-refractivity contribution in [1.29, 1.82) is 0 Å². The molecule has 0 aromatic carbocycles. The molecule has 4 nitrogen and oxygen atoms in total. The smallest absolute Gasteiger partial charge is 0.460 e. The molecule has 0 spiro atoms. The number of hydrogen-bond acceptors (Lipinski definition) is 4. The van der Waals surface area contributed by atoms with Crippen molar-refractivity contribution in [3.05, 3.63) is 0 Å². The summed E-state index contributed by atoms with van der Waals surface area (Å²) in [5.74, 6) is 1.38. The molecule has 1 aliphatic heterocycles. The molecule has 4 aliphatic rings. The second-order valence-corrected chi connectivity index (χ2v) is 11.4. The fourth-order valence-electron chi connectivity index (χ4n) is 5.40. The molecule has 6 atom stereocenters. The van der Waals surface area contributed by atoms with Crippen molar-refractivity contribution in [3.8, 4) is 0 Å². The highest BCUT2D eigenvalue weighted by Gasteiger charge is 2.68. The standard InChI is InChI=1S/C21H36BClO4/c1-13(10-18(24)25-19(2,3)4)8-9-17(23)22-26-16-12-14-11-15(20(14,5)6)21(16,7)27-22/h13-17H,8-12H2,1-7H3/t13?,14-,15-,16+,17+,21-/m0/s1. The van der Waals surface area contributed by atoms with Gasteiger partial charge in [-0.25, -0.2) is 0 Å². The van der Waals surface area contributed by atoms with Crippen molar-refractivity contribution in [2.24, 2.45) is 23.2 Å². The van der Waals surface area contributed by atoms with E-state index in [0.717, 1.165) is 25.2 Å². The molecule has 1 heterocycles. The summed E-state index contributed by atoms with van der Waals surface area (Å²) in [6, 6.07) is 0. The van der Waals surface area contributed by atoms with E-state index in [1.165, 1.54) is 6.42 Å². The monoisotopic (exact) mass is 398 g/mol. The van der Waals surface area contributed by atoms with Crippen LogP contribution < -0.4 is 0 Å². The fourth-order valence-corrected chi connectivity index (χ4v) is 5.64. The first-order valence-corrected chi connectivity index (χ1v) is 11.0. The van der Waals surface area contributed by atoms with E-state index in [0.29, 0.717) is 17.8 Å². The Balaban J connectivity index is 1.47. The van der Waals surface area contributed by atoms with Crippen LogP contribution in [0.4, 0.5) is 0 Å². The zero-order valence-corrected chi connectivity index (χ0v) is 18.8. The van der Waals surface area contributed by atoms with Crippen LogP contribution in [0.5, 0.6) is 0 Å². The normalized spacial score (nSPS) is 36.6. The van der Waals surface area contributed by atoms with Crippen LogP contribution in [0.2, 0.25) is 0 Å². The molecule has 4 fully saturated rings. The number of esters is 1. The topological polar surface area (TPSA) is 44.8 Å². The fraction of sp³-hybridized carbons (Fsp3) is 0.952. The number of hydrogen-bond donors (Lipinski definition) is 0. The molecule has 154 valence electrons. The Kier molecular flexibility index (Phi) is 5.73. The third-order valence-corrected chi connectivity index (χ3v) is 7.56. The average Bonchev–Trinajstić information content (AvgIpc) is 2.87. The van der Waals surface area contributed by atoms with Gasteiger partial charge >= 0.3 is 13.1 Å². The van der Waals surface area contributed by atoms with Gasteiger partial charge in [0, 0.05) is 6.42 Å². The summed E-state index contributed by atoms with van der Waals surface area (Å²) < 4.78 is 18.1. The molecule has 27 heavy (non-hydrogen) atoms. The first kappa shape index (κ1) is 21.5. The highest BCUT2D eigenvalue weighted by molar-refractivity contribution is 6.59. The van der Waals surface area contributed by atoms with Gasteiger partial charge in [-0.05, 0) is 76.5 Å². The van der Waals surface area contributed by atoms with Crippen LogP contribution in [0.3, 0.4) is 0 Å². The lowest BCUT2D eigenvalue weighted by Crippen LogP contribution is -2.65. The van der Waals surface area contributed by atoms with Crippen LogP contribution in [0.25, 0.3) is 0 Å². The van der Waals surface area contributed by atoms with Crippen LogP contribution in [-0.2, 0) is 18.8 Å². The minimum absolute atomic E-state index is 0.143. The molecule has 0 amide bonds. The maximum atomic E-state index is 12.0. The highest BCUT2D eigenvalue weighted by Crippen LogP contribution is 2.65. The average molecular weight is 399 g/mol. The second-order valence-electron chi connectivity index (χ2n) is 10.8. The SMILES string of the molecule is CC(CC[C@@H](Cl)B1O[C@@H]2C[C@@H]3C[C@@H](C3(C)C)[C@]2(C)O1)CC(=O)OC(C)(C)C. The number of ether oxygens (including phenoxy) is 1. The Bertz CT molecular complexity index is 575. The number of rotatable bonds is 6. The van der Waals surface area contributed by atoms with Gasteiger partial charge in [0.05, 0.1) is 17.0 Å². The van der Waals surface area contributed by atoms with Gasteiger partial charge in [0.25, 0.3) is 0 Å². The van der Waals surface area contributed by atoms with Crippen LogP contribution in [0.1, 0.15) is 80.6 Å². The van der Waals surface area contributed by atoms with E-state index in [1.807, 2.05) is 20.8 Å². The Hall–Kier alpha value is -0.255. The molecular weight excluding hydrogens is 362 g/mol.